The highest BCUT2D eigenvalue weighted by atomic mass is 79.9. The van der Waals surface area contributed by atoms with E-state index in [1.54, 1.807) is 0 Å². The number of benzene rings is 2. The summed E-state index contributed by atoms with van der Waals surface area (Å²) in [6.45, 7) is 2.05. The first-order valence-electron chi connectivity index (χ1n) is 5.97. The summed E-state index contributed by atoms with van der Waals surface area (Å²) in [7, 11) is 0. The number of rotatable bonds is 1. The van der Waals surface area contributed by atoms with E-state index in [0.29, 0.717) is 5.56 Å². The number of fused-ring (bicyclic) bond motifs is 1. The van der Waals surface area contributed by atoms with Crippen molar-refractivity contribution in [2.24, 2.45) is 0 Å². The molecule has 0 radical (unpaired) electrons. The predicted octanol–water partition coefficient (Wildman–Crippen LogP) is 4.78. The molecule has 0 saturated carbocycles. The van der Waals surface area contributed by atoms with Crippen LogP contribution >= 0.6 is 15.9 Å². The fourth-order valence-corrected chi connectivity index (χ4v) is 2.58. The number of halogens is 1. The average Bonchev–Trinajstić information content (AvgIpc) is 2.77. The quantitative estimate of drug-likeness (QED) is 0.690. The summed E-state index contributed by atoms with van der Waals surface area (Å²) < 4.78 is 0.978. The van der Waals surface area contributed by atoms with Crippen molar-refractivity contribution in [2.45, 2.75) is 6.92 Å². The lowest BCUT2D eigenvalue weighted by Gasteiger charge is -1.99. The Hall–Kier alpha value is -2.05. The Kier molecular flexibility index (Phi) is 2.88. The number of hydrogen-bond acceptors (Lipinski definition) is 1. The summed E-state index contributed by atoms with van der Waals surface area (Å²) >= 11 is 3.45. The summed E-state index contributed by atoms with van der Waals surface area (Å²) in [5.74, 6) is 0. The van der Waals surface area contributed by atoms with Crippen molar-refractivity contribution < 1.29 is 0 Å². The Morgan fingerprint density at radius 2 is 1.84 bits per heavy atom. The first-order valence-corrected chi connectivity index (χ1v) is 6.76. The topological polar surface area (TPSA) is 39.6 Å². The molecule has 0 fully saturated rings. The zero-order valence-corrected chi connectivity index (χ0v) is 12.0. The van der Waals surface area contributed by atoms with E-state index in [-0.39, 0.29) is 0 Å². The summed E-state index contributed by atoms with van der Waals surface area (Å²) in [6.07, 6.45) is 0. The van der Waals surface area contributed by atoms with E-state index >= 15 is 0 Å². The maximum atomic E-state index is 9.43. The molecule has 0 atom stereocenters. The minimum absolute atomic E-state index is 0.695. The third kappa shape index (κ3) is 2.05. The van der Waals surface area contributed by atoms with Gasteiger partial charge in [0.2, 0.25) is 0 Å². The second kappa shape index (κ2) is 4.56. The maximum Gasteiger partial charge on any atom is 0.102 e. The molecular formula is C16H11BrN2. The standard InChI is InChI=1S/C16H11BrN2/c1-10-2-4-11(5-3-10)16-14(9-18)13-8-12(17)6-7-15(13)19-16/h2-8,19H,1H3. The molecule has 0 amide bonds. The van der Waals surface area contributed by atoms with Crippen molar-refractivity contribution in [1.29, 1.82) is 5.26 Å². The van der Waals surface area contributed by atoms with E-state index in [2.05, 4.69) is 46.0 Å². The molecule has 3 aromatic rings. The lowest BCUT2D eigenvalue weighted by Crippen LogP contribution is -1.81. The largest absolute Gasteiger partial charge is 0.353 e. The monoisotopic (exact) mass is 310 g/mol. The summed E-state index contributed by atoms with van der Waals surface area (Å²) in [5.41, 5.74) is 4.81. The highest BCUT2D eigenvalue weighted by Crippen LogP contribution is 2.31. The lowest BCUT2D eigenvalue weighted by atomic mass is 10.1. The van der Waals surface area contributed by atoms with Crippen LogP contribution < -0.4 is 0 Å². The fraction of sp³-hybridized carbons (Fsp3) is 0.0625. The number of aromatic amines is 1. The Bertz CT molecular complexity index is 792. The van der Waals surface area contributed by atoms with Crippen LogP contribution in [-0.4, -0.2) is 4.98 Å². The molecule has 19 heavy (non-hydrogen) atoms. The van der Waals surface area contributed by atoms with Gasteiger partial charge in [0.1, 0.15) is 6.07 Å². The number of nitriles is 1. The van der Waals surface area contributed by atoms with Gasteiger partial charge in [0.15, 0.2) is 0 Å². The number of nitrogens with zero attached hydrogens (tertiary/aromatic N) is 1. The zero-order chi connectivity index (χ0) is 13.4. The van der Waals surface area contributed by atoms with Gasteiger partial charge in [-0.3, -0.25) is 0 Å². The van der Waals surface area contributed by atoms with Gasteiger partial charge < -0.3 is 4.98 Å². The predicted molar refractivity (Wildman–Crippen MR) is 80.9 cm³/mol. The second-order valence-corrected chi connectivity index (χ2v) is 5.46. The van der Waals surface area contributed by atoms with Gasteiger partial charge in [-0.25, -0.2) is 0 Å². The van der Waals surface area contributed by atoms with E-state index in [1.165, 1.54) is 5.56 Å². The van der Waals surface area contributed by atoms with E-state index in [1.807, 2.05) is 30.3 Å². The molecule has 0 aliphatic rings. The number of aryl methyl sites for hydroxylation is 1. The Morgan fingerprint density at radius 1 is 1.11 bits per heavy atom. The molecule has 2 nitrogen and oxygen atoms in total. The SMILES string of the molecule is Cc1ccc(-c2[nH]c3ccc(Br)cc3c2C#N)cc1. The second-order valence-electron chi connectivity index (χ2n) is 4.54. The molecule has 1 heterocycles. The molecule has 0 aliphatic heterocycles. The van der Waals surface area contributed by atoms with Gasteiger partial charge in [0, 0.05) is 15.4 Å². The van der Waals surface area contributed by atoms with Crippen molar-refractivity contribution in [2.75, 3.05) is 0 Å². The molecule has 0 bridgehead atoms. The molecule has 3 heteroatoms. The smallest absolute Gasteiger partial charge is 0.102 e. The van der Waals surface area contributed by atoms with Crippen molar-refractivity contribution in [3.8, 4) is 17.3 Å². The molecule has 1 aromatic heterocycles. The van der Waals surface area contributed by atoms with E-state index < -0.39 is 0 Å². The Labute approximate surface area is 119 Å². The van der Waals surface area contributed by atoms with Crippen LogP contribution in [0.3, 0.4) is 0 Å². The minimum atomic E-state index is 0.695. The molecule has 0 spiro atoms. The first-order chi connectivity index (χ1) is 9.19. The summed E-state index contributed by atoms with van der Waals surface area (Å²) in [5, 5.41) is 10.4. The Morgan fingerprint density at radius 3 is 2.53 bits per heavy atom. The van der Waals surface area contributed by atoms with Crippen LogP contribution in [0.2, 0.25) is 0 Å². The number of hydrogen-bond donors (Lipinski definition) is 1. The highest BCUT2D eigenvalue weighted by Gasteiger charge is 2.12. The van der Waals surface area contributed by atoms with Crippen molar-refractivity contribution in [1.82, 2.24) is 4.98 Å². The Balaban J connectivity index is 2.29. The molecule has 3 rings (SSSR count). The van der Waals surface area contributed by atoms with E-state index in [9.17, 15) is 5.26 Å². The molecule has 2 aromatic carbocycles. The number of H-pyrrole nitrogens is 1. The summed E-state index contributed by atoms with van der Waals surface area (Å²) in [6, 6.07) is 16.4. The van der Waals surface area contributed by atoms with Gasteiger partial charge in [0.05, 0.1) is 11.3 Å². The fourth-order valence-electron chi connectivity index (χ4n) is 2.22. The van der Waals surface area contributed by atoms with Crippen LogP contribution in [0.15, 0.2) is 46.9 Å². The summed E-state index contributed by atoms with van der Waals surface area (Å²) in [4.78, 5) is 3.33. The molecule has 1 N–H and O–H groups in total. The lowest BCUT2D eigenvalue weighted by molar-refractivity contribution is 1.41. The van der Waals surface area contributed by atoms with Gasteiger partial charge in [-0.15, -0.1) is 0 Å². The van der Waals surface area contributed by atoms with Gasteiger partial charge in [0.25, 0.3) is 0 Å². The van der Waals surface area contributed by atoms with Gasteiger partial charge in [-0.2, -0.15) is 5.26 Å². The average molecular weight is 311 g/mol. The molecular weight excluding hydrogens is 300 g/mol. The highest BCUT2D eigenvalue weighted by molar-refractivity contribution is 9.10. The van der Waals surface area contributed by atoms with Crippen LogP contribution in [-0.2, 0) is 0 Å². The third-order valence-electron chi connectivity index (χ3n) is 3.21. The number of aromatic nitrogens is 1. The van der Waals surface area contributed by atoms with E-state index in [0.717, 1.165) is 26.6 Å². The van der Waals surface area contributed by atoms with Crippen LogP contribution in [0.1, 0.15) is 11.1 Å². The first kappa shape index (κ1) is 12.0. The van der Waals surface area contributed by atoms with Crippen LogP contribution in [0.5, 0.6) is 0 Å². The van der Waals surface area contributed by atoms with Crippen LogP contribution in [0.4, 0.5) is 0 Å². The molecule has 92 valence electrons. The van der Waals surface area contributed by atoms with Crippen LogP contribution in [0.25, 0.3) is 22.2 Å². The zero-order valence-electron chi connectivity index (χ0n) is 10.4. The minimum Gasteiger partial charge on any atom is -0.353 e. The normalized spacial score (nSPS) is 10.6. The molecule has 0 unspecified atom stereocenters. The van der Waals surface area contributed by atoms with Crippen molar-refractivity contribution in [3.05, 3.63) is 58.1 Å². The van der Waals surface area contributed by atoms with Crippen molar-refractivity contribution >= 4 is 26.8 Å². The van der Waals surface area contributed by atoms with E-state index in [4.69, 9.17) is 0 Å². The molecule has 0 saturated heterocycles. The van der Waals surface area contributed by atoms with Gasteiger partial charge in [-0.1, -0.05) is 45.8 Å². The maximum absolute atomic E-state index is 9.43. The van der Waals surface area contributed by atoms with Gasteiger partial charge >= 0.3 is 0 Å². The third-order valence-corrected chi connectivity index (χ3v) is 3.71. The van der Waals surface area contributed by atoms with Crippen LogP contribution in [0, 0.1) is 18.3 Å². The number of nitrogens with one attached hydrogen (secondary N) is 1. The molecule has 0 aliphatic carbocycles. The van der Waals surface area contributed by atoms with Gasteiger partial charge in [-0.05, 0) is 30.7 Å². The van der Waals surface area contributed by atoms with Crippen molar-refractivity contribution in [3.63, 3.8) is 0 Å².